The molecule has 0 aliphatic heterocycles. The second kappa shape index (κ2) is 5.36. The first-order valence-electron chi connectivity index (χ1n) is 6.87. The van der Waals surface area contributed by atoms with Gasteiger partial charge in [0.25, 0.3) is 0 Å². The molecule has 5 nitrogen and oxygen atoms in total. The fraction of sp³-hybridized carbons (Fsp3) is 0.188. The van der Waals surface area contributed by atoms with Gasteiger partial charge in [-0.3, -0.25) is 0 Å². The largest absolute Gasteiger partial charge is 0.383 e. The van der Waals surface area contributed by atoms with Crippen LogP contribution < -0.4 is 5.73 Å². The molecule has 0 atom stereocenters. The van der Waals surface area contributed by atoms with Crippen molar-refractivity contribution < 1.29 is 0 Å². The smallest absolute Gasteiger partial charge is 0.162 e. The SMILES string of the molecule is CC(C)c1c(N)ncnc1-n1cc(-c2ccccc2)cn1. The van der Waals surface area contributed by atoms with Gasteiger partial charge in [-0.05, 0) is 11.5 Å². The Morgan fingerprint density at radius 3 is 2.52 bits per heavy atom. The molecule has 0 aliphatic rings. The van der Waals surface area contributed by atoms with Crippen LogP contribution in [-0.2, 0) is 0 Å². The van der Waals surface area contributed by atoms with Gasteiger partial charge in [-0.25, -0.2) is 14.6 Å². The molecule has 0 fully saturated rings. The number of hydrogen-bond donors (Lipinski definition) is 1. The summed E-state index contributed by atoms with van der Waals surface area (Å²) in [7, 11) is 0. The average molecular weight is 279 g/mol. The van der Waals surface area contributed by atoms with Crippen LogP contribution in [0.4, 0.5) is 5.82 Å². The van der Waals surface area contributed by atoms with Crippen molar-refractivity contribution in [3.63, 3.8) is 0 Å². The molecule has 5 heteroatoms. The van der Waals surface area contributed by atoms with E-state index in [9.17, 15) is 0 Å². The van der Waals surface area contributed by atoms with Crippen molar-refractivity contribution >= 4 is 5.82 Å². The Kier molecular flexibility index (Phi) is 3.39. The molecule has 0 unspecified atom stereocenters. The first-order chi connectivity index (χ1) is 10.2. The minimum atomic E-state index is 0.227. The molecule has 0 spiro atoms. The van der Waals surface area contributed by atoms with Crippen molar-refractivity contribution in [3.8, 4) is 16.9 Å². The maximum Gasteiger partial charge on any atom is 0.162 e. The van der Waals surface area contributed by atoms with E-state index >= 15 is 0 Å². The van der Waals surface area contributed by atoms with Gasteiger partial charge in [0.2, 0.25) is 0 Å². The van der Waals surface area contributed by atoms with Gasteiger partial charge in [0.05, 0.1) is 6.20 Å². The van der Waals surface area contributed by atoms with E-state index in [2.05, 4.69) is 41.0 Å². The lowest BCUT2D eigenvalue weighted by Crippen LogP contribution is -2.09. The van der Waals surface area contributed by atoms with Crippen molar-refractivity contribution in [2.45, 2.75) is 19.8 Å². The van der Waals surface area contributed by atoms with E-state index in [1.54, 1.807) is 4.68 Å². The quantitative estimate of drug-likeness (QED) is 0.800. The summed E-state index contributed by atoms with van der Waals surface area (Å²) in [6.45, 7) is 4.14. The molecule has 0 radical (unpaired) electrons. The standard InChI is InChI=1S/C16H17N5/c1-11(2)14-15(17)18-10-19-16(14)21-9-13(8-20-21)12-6-4-3-5-7-12/h3-11H,1-2H3,(H2,17,18,19). The topological polar surface area (TPSA) is 69.6 Å². The number of nitrogen functional groups attached to an aromatic ring is 1. The number of rotatable bonds is 3. The van der Waals surface area contributed by atoms with Gasteiger partial charge in [0, 0.05) is 17.3 Å². The molecular formula is C16H17N5. The number of benzene rings is 1. The zero-order valence-electron chi connectivity index (χ0n) is 12.1. The third kappa shape index (κ3) is 2.50. The second-order valence-electron chi connectivity index (χ2n) is 5.19. The highest BCUT2D eigenvalue weighted by Gasteiger charge is 2.15. The van der Waals surface area contributed by atoms with Crippen LogP contribution in [0.15, 0.2) is 49.1 Å². The number of hydrogen-bond acceptors (Lipinski definition) is 4. The monoisotopic (exact) mass is 279 g/mol. The van der Waals surface area contributed by atoms with Crippen molar-refractivity contribution in [2.24, 2.45) is 0 Å². The van der Waals surface area contributed by atoms with E-state index in [4.69, 9.17) is 5.73 Å². The average Bonchev–Trinajstić information content (AvgIpc) is 2.97. The highest BCUT2D eigenvalue weighted by Crippen LogP contribution is 2.26. The summed E-state index contributed by atoms with van der Waals surface area (Å²) in [6.07, 6.45) is 5.27. The summed E-state index contributed by atoms with van der Waals surface area (Å²) in [5.74, 6) is 1.47. The Morgan fingerprint density at radius 1 is 1.05 bits per heavy atom. The lowest BCUT2D eigenvalue weighted by Gasteiger charge is -2.12. The molecule has 2 aromatic heterocycles. The zero-order valence-corrected chi connectivity index (χ0v) is 12.1. The first kappa shape index (κ1) is 13.3. The molecule has 3 aromatic rings. The number of nitrogens with zero attached hydrogens (tertiary/aromatic N) is 4. The van der Waals surface area contributed by atoms with Crippen molar-refractivity contribution in [3.05, 3.63) is 54.6 Å². The highest BCUT2D eigenvalue weighted by molar-refractivity contribution is 5.62. The van der Waals surface area contributed by atoms with E-state index in [1.807, 2.05) is 30.6 Å². The van der Waals surface area contributed by atoms with E-state index < -0.39 is 0 Å². The van der Waals surface area contributed by atoms with Gasteiger partial charge in [-0.15, -0.1) is 0 Å². The molecule has 2 N–H and O–H groups in total. The normalized spacial score (nSPS) is 11.0. The number of nitrogens with two attached hydrogens (primary N) is 1. The molecule has 2 heterocycles. The van der Waals surface area contributed by atoms with Gasteiger partial charge < -0.3 is 5.73 Å². The second-order valence-corrected chi connectivity index (χ2v) is 5.19. The van der Waals surface area contributed by atoms with Crippen LogP contribution in [0, 0.1) is 0 Å². The molecule has 1 aromatic carbocycles. The van der Waals surface area contributed by atoms with Crippen LogP contribution in [0.25, 0.3) is 16.9 Å². The molecular weight excluding hydrogens is 262 g/mol. The summed E-state index contributed by atoms with van der Waals surface area (Å²) in [5.41, 5.74) is 9.07. The molecule has 0 bridgehead atoms. The molecule has 0 amide bonds. The fourth-order valence-electron chi connectivity index (χ4n) is 2.35. The van der Waals surface area contributed by atoms with E-state index in [-0.39, 0.29) is 5.92 Å². The van der Waals surface area contributed by atoms with Crippen LogP contribution in [-0.4, -0.2) is 19.7 Å². The van der Waals surface area contributed by atoms with Crippen LogP contribution in [0.1, 0.15) is 25.3 Å². The van der Waals surface area contributed by atoms with Gasteiger partial charge in [-0.2, -0.15) is 5.10 Å². The Bertz CT molecular complexity index is 746. The first-order valence-corrected chi connectivity index (χ1v) is 6.87. The van der Waals surface area contributed by atoms with Gasteiger partial charge in [0.15, 0.2) is 5.82 Å². The maximum atomic E-state index is 5.99. The lowest BCUT2D eigenvalue weighted by atomic mass is 10.0. The molecule has 0 saturated heterocycles. The maximum absolute atomic E-state index is 5.99. The summed E-state index contributed by atoms with van der Waals surface area (Å²) in [4.78, 5) is 8.42. The Morgan fingerprint density at radius 2 is 1.81 bits per heavy atom. The van der Waals surface area contributed by atoms with E-state index in [1.165, 1.54) is 6.33 Å². The Labute approximate surface area is 123 Å². The van der Waals surface area contributed by atoms with Crippen LogP contribution in [0.2, 0.25) is 0 Å². The fourth-order valence-corrected chi connectivity index (χ4v) is 2.35. The number of anilines is 1. The van der Waals surface area contributed by atoms with Crippen LogP contribution in [0.5, 0.6) is 0 Å². The summed E-state index contributed by atoms with van der Waals surface area (Å²) in [6, 6.07) is 10.1. The molecule has 3 rings (SSSR count). The minimum absolute atomic E-state index is 0.227. The van der Waals surface area contributed by atoms with E-state index in [0.717, 1.165) is 22.5 Å². The predicted octanol–water partition coefficient (Wildman–Crippen LogP) is 3.03. The Balaban J connectivity index is 2.07. The third-order valence-electron chi connectivity index (χ3n) is 3.38. The van der Waals surface area contributed by atoms with Crippen molar-refractivity contribution in [1.82, 2.24) is 19.7 Å². The van der Waals surface area contributed by atoms with Gasteiger partial charge in [0.1, 0.15) is 12.1 Å². The van der Waals surface area contributed by atoms with Crippen LogP contribution >= 0.6 is 0 Å². The predicted molar refractivity (Wildman–Crippen MR) is 83.1 cm³/mol. The lowest BCUT2D eigenvalue weighted by molar-refractivity contribution is 0.776. The minimum Gasteiger partial charge on any atom is -0.383 e. The van der Waals surface area contributed by atoms with Crippen molar-refractivity contribution in [1.29, 1.82) is 0 Å². The number of aromatic nitrogens is 4. The van der Waals surface area contributed by atoms with Gasteiger partial charge >= 0.3 is 0 Å². The van der Waals surface area contributed by atoms with Crippen LogP contribution in [0.3, 0.4) is 0 Å². The molecule has 0 saturated carbocycles. The molecule has 106 valence electrons. The van der Waals surface area contributed by atoms with E-state index in [0.29, 0.717) is 5.82 Å². The summed E-state index contributed by atoms with van der Waals surface area (Å²) < 4.78 is 1.76. The van der Waals surface area contributed by atoms with Gasteiger partial charge in [-0.1, -0.05) is 44.2 Å². The Hall–Kier alpha value is -2.69. The highest BCUT2D eigenvalue weighted by atomic mass is 15.3. The summed E-state index contributed by atoms with van der Waals surface area (Å²) in [5, 5.41) is 4.42. The molecule has 0 aliphatic carbocycles. The van der Waals surface area contributed by atoms with Crippen molar-refractivity contribution in [2.75, 3.05) is 5.73 Å². The summed E-state index contributed by atoms with van der Waals surface area (Å²) >= 11 is 0. The molecule has 21 heavy (non-hydrogen) atoms. The third-order valence-corrected chi connectivity index (χ3v) is 3.38. The zero-order chi connectivity index (χ0) is 14.8.